The van der Waals surface area contributed by atoms with Gasteiger partial charge in [0.2, 0.25) is 18.6 Å². The lowest BCUT2D eigenvalue weighted by Crippen LogP contribution is -2.13. The van der Waals surface area contributed by atoms with E-state index >= 15 is 0 Å². The minimum atomic E-state index is -0.235. The Morgan fingerprint density at radius 1 is 1.07 bits per heavy atom. The van der Waals surface area contributed by atoms with Gasteiger partial charge < -0.3 is 19.2 Å². The van der Waals surface area contributed by atoms with Crippen LogP contribution < -0.4 is 14.8 Å². The number of ether oxygens (including phenoxy) is 2. The van der Waals surface area contributed by atoms with Gasteiger partial charge in [0.05, 0.1) is 15.8 Å². The van der Waals surface area contributed by atoms with Crippen molar-refractivity contribution in [3.63, 3.8) is 0 Å². The second kappa shape index (κ2) is 7.67. The number of aromatic nitrogens is 2. The number of thioether (sulfide) groups is 1. The van der Waals surface area contributed by atoms with Crippen LogP contribution in [-0.4, -0.2) is 28.7 Å². The van der Waals surface area contributed by atoms with E-state index in [4.69, 9.17) is 37.1 Å². The Balaban J connectivity index is 1.36. The number of nitrogens with one attached hydrogen (secondary N) is 1. The quantitative estimate of drug-likeness (QED) is 0.604. The Kier molecular flexibility index (Phi) is 5.11. The second-order valence-corrected chi connectivity index (χ2v) is 7.15. The SMILES string of the molecule is O=C(CSc1nnc(-c2ccc3c(c2)OCO3)o1)Nc1ccc(Cl)c(Cl)c1. The molecule has 1 aliphatic rings. The van der Waals surface area contributed by atoms with Gasteiger partial charge in [0.15, 0.2) is 11.5 Å². The molecular formula is C17H11Cl2N3O4S. The Labute approximate surface area is 168 Å². The monoisotopic (exact) mass is 423 g/mol. The fourth-order valence-corrected chi connectivity index (χ4v) is 3.17. The van der Waals surface area contributed by atoms with Gasteiger partial charge in [-0.1, -0.05) is 35.0 Å². The molecule has 27 heavy (non-hydrogen) atoms. The summed E-state index contributed by atoms with van der Waals surface area (Å²) in [4.78, 5) is 12.1. The summed E-state index contributed by atoms with van der Waals surface area (Å²) in [6.45, 7) is 0.192. The van der Waals surface area contributed by atoms with Crippen LogP contribution in [0.2, 0.25) is 10.0 Å². The molecule has 1 amide bonds. The molecule has 2 heterocycles. The molecule has 0 fully saturated rings. The third-order valence-corrected chi connectivity index (χ3v) is 5.11. The summed E-state index contributed by atoms with van der Waals surface area (Å²) >= 11 is 12.9. The molecule has 0 bridgehead atoms. The number of fused-ring (bicyclic) bond motifs is 1. The number of benzene rings is 2. The molecule has 0 aliphatic carbocycles. The topological polar surface area (TPSA) is 86.5 Å². The van der Waals surface area contributed by atoms with Gasteiger partial charge in [0.25, 0.3) is 5.22 Å². The maximum Gasteiger partial charge on any atom is 0.277 e. The zero-order chi connectivity index (χ0) is 18.8. The van der Waals surface area contributed by atoms with Gasteiger partial charge in [0, 0.05) is 11.3 Å². The molecule has 2 aromatic carbocycles. The van der Waals surface area contributed by atoms with Gasteiger partial charge in [-0.05, 0) is 36.4 Å². The van der Waals surface area contributed by atoms with Gasteiger partial charge >= 0.3 is 0 Å². The highest BCUT2D eigenvalue weighted by Crippen LogP contribution is 2.36. The van der Waals surface area contributed by atoms with E-state index < -0.39 is 0 Å². The first kappa shape index (κ1) is 18.0. The minimum absolute atomic E-state index is 0.100. The van der Waals surface area contributed by atoms with Crippen molar-refractivity contribution in [1.29, 1.82) is 0 Å². The summed E-state index contributed by atoms with van der Waals surface area (Å²) < 4.78 is 16.2. The molecule has 3 aromatic rings. The first-order valence-electron chi connectivity index (χ1n) is 7.70. The standard InChI is InChI=1S/C17H11Cl2N3O4S/c18-11-3-2-10(6-12(11)19)20-15(23)7-27-17-22-21-16(26-17)9-1-4-13-14(5-9)25-8-24-13/h1-6H,7-8H2,(H,20,23). The molecular weight excluding hydrogens is 413 g/mol. The molecule has 0 unspecified atom stereocenters. The number of amides is 1. The predicted molar refractivity (Wildman–Crippen MR) is 102 cm³/mol. The van der Waals surface area contributed by atoms with Crippen LogP contribution in [0.15, 0.2) is 46.0 Å². The second-order valence-electron chi connectivity index (χ2n) is 5.41. The molecule has 0 saturated heterocycles. The van der Waals surface area contributed by atoms with Crippen molar-refractivity contribution >= 4 is 46.6 Å². The van der Waals surface area contributed by atoms with Crippen LogP contribution in [0.5, 0.6) is 11.5 Å². The maximum absolute atomic E-state index is 12.1. The van der Waals surface area contributed by atoms with E-state index in [0.29, 0.717) is 38.7 Å². The van der Waals surface area contributed by atoms with Crippen molar-refractivity contribution in [3.05, 3.63) is 46.4 Å². The number of halogens is 2. The molecule has 1 N–H and O–H groups in total. The van der Waals surface area contributed by atoms with Gasteiger partial charge in [0.1, 0.15) is 0 Å². The van der Waals surface area contributed by atoms with Crippen LogP contribution in [0.25, 0.3) is 11.5 Å². The summed E-state index contributed by atoms with van der Waals surface area (Å²) in [6, 6.07) is 10.2. The highest BCUT2D eigenvalue weighted by Gasteiger charge is 2.17. The summed E-state index contributed by atoms with van der Waals surface area (Å²) in [5.41, 5.74) is 1.26. The van der Waals surface area contributed by atoms with Crippen LogP contribution in [0, 0.1) is 0 Å². The average Bonchev–Trinajstić information content (AvgIpc) is 3.31. The normalized spacial score (nSPS) is 12.2. The fraction of sp³-hybridized carbons (Fsp3) is 0.118. The van der Waals surface area contributed by atoms with Crippen LogP contribution >= 0.6 is 35.0 Å². The largest absolute Gasteiger partial charge is 0.454 e. The van der Waals surface area contributed by atoms with Crippen molar-refractivity contribution in [2.45, 2.75) is 5.22 Å². The van der Waals surface area contributed by atoms with Crippen LogP contribution in [-0.2, 0) is 4.79 Å². The van der Waals surface area contributed by atoms with E-state index in [1.807, 2.05) is 0 Å². The lowest BCUT2D eigenvalue weighted by molar-refractivity contribution is -0.113. The van der Waals surface area contributed by atoms with Crippen LogP contribution in [0.4, 0.5) is 5.69 Å². The number of carbonyl (C=O) groups excluding carboxylic acids is 1. The van der Waals surface area contributed by atoms with Gasteiger partial charge in [-0.25, -0.2) is 0 Å². The molecule has 4 rings (SSSR count). The number of carbonyl (C=O) groups is 1. The molecule has 10 heteroatoms. The van der Waals surface area contributed by atoms with Crippen molar-refractivity contribution in [1.82, 2.24) is 10.2 Å². The lowest BCUT2D eigenvalue weighted by Gasteiger charge is -2.05. The van der Waals surface area contributed by atoms with Crippen LogP contribution in [0.3, 0.4) is 0 Å². The zero-order valence-corrected chi connectivity index (χ0v) is 15.9. The van der Waals surface area contributed by atoms with Crippen molar-refractivity contribution in [2.75, 3.05) is 17.9 Å². The van der Waals surface area contributed by atoms with E-state index in [-0.39, 0.29) is 23.7 Å². The number of rotatable bonds is 5. The fourth-order valence-electron chi connectivity index (χ4n) is 2.31. The van der Waals surface area contributed by atoms with Gasteiger partial charge in [-0.15, -0.1) is 10.2 Å². The summed E-state index contributed by atoms with van der Waals surface area (Å²) in [5.74, 6) is 1.50. The van der Waals surface area contributed by atoms with Gasteiger partial charge in [-0.3, -0.25) is 4.79 Å². The Morgan fingerprint density at radius 2 is 1.93 bits per heavy atom. The smallest absolute Gasteiger partial charge is 0.277 e. The predicted octanol–water partition coefficient (Wildman–Crippen LogP) is 4.50. The van der Waals surface area contributed by atoms with E-state index in [2.05, 4.69) is 15.5 Å². The van der Waals surface area contributed by atoms with Crippen molar-refractivity contribution in [2.24, 2.45) is 0 Å². The first-order chi connectivity index (χ1) is 13.1. The third-order valence-electron chi connectivity index (χ3n) is 3.56. The first-order valence-corrected chi connectivity index (χ1v) is 9.44. The lowest BCUT2D eigenvalue weighted by atomic mass is 10.2. The maximum atomic E-state index is 12.1. The Hall–Kier alpha value is -2.42. The third kappa shape index (κ3) is 4.13. The number of nitrogens with zero attached hydrogens (tertiary/aromatic N) is 2. The van der Waals surface area contributed by atoms with E-state index in [1.54, 1.807) is 36.4 Å². The average molecular weight is 424 g/mol. The van der Waals surface area contributed by atoms with Crippen molar-refractivity contribution in [3.8, 4) is 23.0 Å². The van der Waals surface area contributed by atoms with E-state index in [0.717, 1.165) is 11.8 Å². The molecule has 1 aliphatic heterocycles. The molecule has 7 nitrogen and oxygen atoms in total. The number of anilines is 1. The summed E-state index contributed by atoms with van der Waals surface area (Å²) in [7, 11) is 0. The molecule has 1 aromatic heterocycles. The van der Waals surface area contributed by atoms with Gasteiger partial charge in [-0.2, -0.15) is 0 Å². The molecule has 0 radical (unpaired) electrons. The molecule has 0 atom stereocenters. The molecule has 138 valence electrons. The molecule has 0 spiro atoms. The zero-order valence-electron chi connectivity index (χ0n) is 13.6. The highest BCUT2D eigenvalue weighted by atomic mass is 35.5. The van der Waals surface area contributed by atoms with Crippen LogP contribution in [0.1, 0.15) is 0 Å². The number of hydrogen-bond donors (Lipinski definition) is 1. The van der Waals surface area contributed by atoms with E-state index in [9.17, 15) is 4.79 Å². The summed E-state index contributed by atoms with van der Waals surface area (Å²) in [5, 5.41) is 11.7. The van der Waals surface area contributed by atoms with Crippen molar-refractivity contribution < 1.29 is 18.7 Å². The Morgan fingerprint density at radius 3 is 2.78 bits per heavy atom. The van der Waals surface area contributed by atoms with E-state index in [1.165, 1.54) is 0 Å². The Bertz CT molecular complexity index is 1010. The highest BCUT2D eigenvalue weighted by molar-refractivity contribution is 7.99. The summed E-state index contributed by atoms with van der Waals surface area (Å²) in [6.07, 6.45) is 0. The minimum Gasteiger partial charge on any atom is -0.454 e. The molecule has 0 saturated carbocycles. The number of hydrogen-bond acceptors (Lipinski definition) is 7.